The molecule has 0 aliphatic rings. The van der Waals surface area contributed by atoms with E-state index in [9.17, 15) is 65.2 Å². The van der Waals surface area contributed by atoms with Gasteiger partial charge in [-0.3, -0.25) is 0 Å². The molecule has 0 radical (unpaired) electrons. The van der Waals surface area contributed by atoms with Crippen LogP contribution in [0.4, 0.5) is 35.1 Å². The average Bonchev–Trinajstić information content (AvgIpc) is 2.76. The van der Waals surface area contributed by atoms with Gasteiger partial charge in [0.1, 0.15) is 23.3 Å². The molecule has 0 saturated heterocycles. The summed E-state index contributed by atoms with van der Waals surface area (Å²) in [5.41, 5.74) is -4.30. The largest absolute Gasteiger partial charge is 0.360 e. The van der Waals surface area contributed by atoms with Gasteiger partial charge < -0.3 is 0 Å². The summed E-state index contributed by atoms with van der Waals surface area (Å²) >= 11 is 0. The number of rotatable bonds is 6. The van der Waals surface area contributed by atoms with Gasteiger partial charge in [-0.1, -0.05) is 4.40 Å². The Hall–Kier alpha value is -3.95. The Kier molecular flexibility index (Phi) is 7.51. The smallest absolute Gasteiger partial charge is 0.210 e. The van der Waals surface area contributed by atoms with Crippen molar-refractivity contribution in [2.75, 3.05) is 0 Å². The highest BCUT2D eigenvalue weighted by Gasteiger charge is 2.53. The lowest BCUT2D eigenvalue weighted by Gasteiger charge is -2.20. The maximum atomic E-state index is 14.4. The molecule has 11 nitrogen and oxygen atoms in total. The zero-order valence-electron chi connectivity index (χ0n) is 16.4. The second-order valence-corrected chi connectivity index (χ2v) is 11.5. The fourth-order valence-corrected chi connectivity index (χ4v) is 8.31. The van der Waals surface area contributed by atoms with E-state index in [2.05, 4.69) is 0 Å². The van der Waals surface area contributed by atoms with Crippen molar-refractivity contribution >= 4 is 36.3 Å². The maximum absolute atomic E-state index is 14.4. The number of benzene rings is 2. The summed E-state index contributed by atoms with van der Waals surface area (Å²) in [6, 6.07) is 1.09. The van der Waals surface area contributed by atoms with Crippen molar-refractivity contribution in [2.45, 2.75) is 9.79 Å². The molecule has 196 valence electrons. The maximum Gasteiger partial charge on any atom is 0.360 e. The van der Waals surface area contributed by atoms with E-state index in [1.165, 1.54) is 0 Å². The van der Waals surface area contributed by atoms with E-state index >= 15 is 0 Å². The third kappa shape index (κ3) is 4.30. The Morgan fingerprint density at radius 1 is 0.568 bits per heavy atom. The Labute approximate surface area is 199 Å². The fourth-order valence-electron chi connectivity index (χ4n) is 2.48. The Balaban J connectivity index is 3.23. The van der Waals surface area contributed by atoms with Crippen molar-refractivity contribution in [2.24, 2.45) is 4.40 Å². The molecule has 37 heavy (non-hydrogen) atoms. The number of sulfonamides is 2. The molecule has 22 heteroatoms. The quantitative estimate of drug-likeness (QED) is 0.206. The van der Waals surface area contributed by atoms with Gasteiger partial charge in [-0.05, 0) is 0 Å². The molecular weight excluding hydrogens is 596 g/mol. The second kappa shape index (κ2) is 9.49. The van der Waals surface area contributed by atoms with Crippen molar-refractivity contribution in [1.29, 1.82) is 10.5 Å². The van der Waals surface area contributed by atoms with Gasteiger partial charge in [0.05, 0.1) is 0 Å². The van der Waals surface area contributed by atoms with Gasteiger partial charge in [0.2, 0.25) is 0 Å². The average molecular weight is 596 g/mol. The fraction of sp³-hybridized carbons (Fsp3) is 0. The highest BCUT2D eigenvalue weighted by atomic mass is 32.3. The van der Waals surface area contributed by atoms with E-state index in [1.54, 1.807) is 4.40 Å². The summed E-state index contributed by atoms with van der Waals surface area (Å²) in [6.45, 7) is 0. The Morgan fingerprint density at radius 2 is 0.838 bits per heavy atom. The van der Waals surface area contributed by atoms with Gasteiger partial charge in [-0.25, -0.2) is 56.8 Å². The summed E-state index contributed by atoms with van der Waals surface area (Å²) in [5.74, 6) is -24.1. The molecule has 0 fully saturated rings. The summed E-state index contributed by atoms with van der Waals surface area (Å²) in [6.07, 6.45) is 0.0351. The molecule has 0 unspecified atom stereocenters. The molecule has 2 rings (SSSR count). The van der Waals surface area contributed by atoms with Crippen molar-refractivity contribution in [3.05, 3.63) is 57.7 Å². The monoisotopic (exact) mass is 596 g/mol. The van der Waals surface area contributed by atoms with Crippen LogP contribution < -0.4 is 0 Å². The number of halogens is 8. The summed E-state index contributed by atoms with van der Waals surface area (Å²) in [7, 11) is -21.4. The van der Waals surface area contributed by atoms with Gasteiger partial charge in [-0.15, -0.1) is 0 Å². The molecule has 0 saturated carbocycles. The molecule has 0 bridgehead atoms. The van der Waals surface area contributed by atoms with Crippen molar-refractivity contribution in [1.82, 2.24) is 3.12 Å². The molecule has 0 amide bonds. The van der Waals surface area contributed by atoms with Crippen LogP contribution in [0.2, 0.25) is 0 Å². The molecular formula is C15F8N4O7S3. The second-order valence-electron chi connectivity index (χ2n) is 5.95. The number of nitriles is 2. The molecule has 2 aromatic rings. The third-order valence-electron chi connectivity index (χ3n) is 3.92. The van der Waals surface area contributed by atoms with Crippen LogP contribution in [0.3, 0.4) is 0 Å². The van der Waals surface area contributed by atoms with Crippen LogP contribution in [-0.2, 0) is 35.1 Å². The summed E-state index contributed by atoms with van der Waals surface area (Å²) in [5, 5.41) is 17.1. The highest BCUT2D eigenvalue weighted by Crippen LogP contribution is 2.37. The minimum Gasteiger partial charge on any atom is -0.210 e. The molecule has 0 aromatic heterocycles. The van der Waals surface area contributed by atoms with E-state index in [0.717, 1.165) is 0 Å². The van der Waals surface area contributed by atoms with Crippen molar-refractivity contribution < 1.29 is 65.2 Å². The molecule has 0 aliphatic carbocycles. The van der Waals surface area contributed by atoms with Gasteiger partial charge in [0, 0.05) is 3.12 Å². The van der Waals surface area contributed by atoms with Gasteiger partial charge in [-0.2, -0.15) is 18.9 Å². The molecule has 0 spiro atoms. The highest BCUT2D eigenvalue weighted by molar-refractivity contribution is 8.17. The van der Waals surface area contributed by atoms with E-state index in [-0.39, 0.29) is 6.08 Å². The lowest BCUT2D eigenvalue weighted by Crippen LogP contribution is -2.42. The van der Waals surface area contributed by atoms with Crippen LogP contribution in [0, 0.1) is 69.2 Å². The van der Waals surface area contributed by atoms with Crippen LogP contribution in [0.1, 0.15) is 11.1 Å². The molecule has 0 heterocycles. The van der Waals surface area contributed by atoms with Gasteiger partial charge in [0.25, 0.3) is 26.1 Å². The first-order chi connectivity index (χ1) is 16.9. The summed E-state index contributed by atoms with van der Waals surface area (Å²) in [4.78, 5) is 4.06. The normalized spacial score (nSPS) is 12.1. The molecule has 0 aliphatic heterocycles. The first-order valence-electron chi connectivity index (χ1n) is 8.03. The molecule has 2 aromatic carbocycles. The Bertz CT molecular complexity index is 1670. The standard InChI is InChI=1S/C15F8N4O7S3/c16-6-4(1-24)7(17)11(21)14(10(6)20)35(29,30)27(37(33,34)26-3-28)36(31,32)15-12(22)8(18)5(2-25)9(19)13(15)23. The Morgan fingerprint density at radius 3 is 1.05 bits per heavy atom. The SMILES string of the molecule is N#Cc1c(F)c(F)c(S(=O)(=O)N(S(=O)(=O)N=C=O)S(=O)(=O)c2c(F)c(F)c(C#N)c(F)c2F)c(F)c1F. The number of hydrogen-bond donors (Lipinski definition) is 0. The molecule has 0 N–H and O–H groups in total. The van der Waals surface area contributed by atoms with Crippen LogP contribution in [0.5, 0.6) is 0 Å². The van der Waals surface area contributed by atoms with Crippen molar-refractivity contribution in [3.63, 3.8) is 0 Å². The zero-order valence-corrected chi connectivity index (χ0v) is 18.8. The van der Waals surface area contributed by atoms with Crippen LogP contribution >= 0.6 is 0 Å². The topological polar surface area (TPSA) is 183 Å². The van der Waals surface area contributed by atoms with Gasteiger partial charge in [0.15, 0.2) is 56.3 Å². The summed E-state index contributed by atoms with van der Waals surface area (Å²) < 4.78 is 188. The van der Waals surface area contributed by atoms with Crippen LogP contribution in [0.25, 0.3) is 0 Å². The zero-order chi connectivity index (χ0) is 28.8. The van der Waals surface area contributed by atoms with E-state index in [0.29, 0.717) is 12.1 Å². The van der Waals surface area contributed by atoms with Crippen molar-refractivity contribution in [3.8, 4) is 12.1 Å². The number of carbonyl (C=O) groups excluding carboxylic acids is 1. The third-order valence-corrected chi connectivity index (χ3v) is 10.6. The lowest BCUT2D eigenvalue weighted by atomic mass is 10.2. The predicted octanol–water partition coefficient (Wildman–Crippen LogP) is 1.50. The van der Waals surface area contributed by atoms with Crippen LogP contribution in [-0.4, -0.2) is 34.4 Å². The minimum absolute atomic E-state index is 0.0351. The predicted molar refractivity (Wildman–Crippen MR) is 95.2 cm³/mol. The van der Waals surface area contributed by atoms with Gasteiger partial charge >= 0.3 is 10.2 Å². The lowest BCUT2D eigenvalue weighted by molar-refractivity contribution is 0.409. The number of nitrogens with zero attached hydrogens (tertiary/aromatic N) is 4. The number of hydrogen-bond acceptors (Lipinski definition) is 9. The minimum atomic E-state index is -7.29. The molecule has 0 atom stereocenters. The van der Waals surface area contributed by atoms with E-state index < -0.39 is 101 Å². The first kappa shape index (κ1) is 29.3. The first-order valence-corrected chi connectivity index (χ1v) is 12.3. The van der Waals surface area contributed by atoms with Crippen LogP contribution in [0.15, 0.2) is 14.2 Å². The van der Waals surface area contributed by atoms with E-state index in [1.807, 2.05) is 0 Å². The van der Waals surface area contributed by atoms with E-state index in [4.69, 9.17) is 10.5 Å². The number of isocyanates is 1.